The molecule has 4 atom stereocenters. The van der Waals surface area contributed by atoms with E-state index >= 15 is 0 Å². The van der Waals surface area contributed by atoms with Crippen LogP contribution in [0, 0.1) is 0 Å². The molecule has 1 aromatic carbocycles. The van der Waals surface area contributed by atoms with Crippen LogP contribution in [0.15, 0.2) is 42.6 Å². The van der Waals surface area contributed by atoms with Crippen LogP contribution >= 0.6 is 0 Å². The Labute approximate surface area is 254 Å². The summed E-state index contributed by atoms with van der Waals surface area (Å²) in [4.78, 5) is 18.9. The average molecular weight is 626 g/mol. The van der Waals surface area contributed by atoms with E-state index in [0.717, 1.165) is 37.1 Å². The van der Waals surface area contributed by atoms with Crippen molar-refractivity contribution in [1.82, 2.24) is 24.2 Å². The molecular formula is C30H42F3N5O4S. The molecule has 0 saturated carbocycles. The highest BCUT2D eigenvalue weighted by Gasteiger charge is 2.33. The van der Waals surface area contributed by atoms with E-state index in [4.69, 9.17) is 9.47 Å². The van der Waals surface area contributed by atoms with Gasteiger partial charge in [-0.1, -0.05) is 30.3 Å². The number of ether oxygens (including phenoxy) is 2. The number of fused-ring (bicyclic) bond motifs is 1. The van der Waals surface area contributed by atoms with Crippen LogP contribution in [-0.4, -0.2) is 83.0 Å². The molecule has 1 aromatic heterocycles. The number of amides is 1. The number of benzene rings is 1. The Hall–Kier alpha value is -2.42. The Morgan fingerprint density at radius 2 is 2.07 bits per heavy atom. The first kappa shape index (κ1) is 33.5. The van der Waals surface area contributed by atoms with Crippen molar-refractivity contribution in [2.45, 2.75) is 76.0 Å². The third-order valence-electron chi connectivity index (χ3n) is 8.03. The third kappa shape index (κ3) is 10.0. The number of methoxy groups -OCH3 is 1. The SMILES string of the molecule is COC1COCCC1N[C@@H](CCCN(C)S(=O)NCc1ccccc1)CCC(=O)N1CCc2ncc(C(F)(F)F)cc2C1. The molecule has 2 N–H and O–H groups in total. The van der Waals surface area contributed by atoms with Gasteiger partial charge < -0.3 is 19.7 Å². The smallest absolute Gasteiger partial charge is 0.379 e. The Balaban J connectivity index is 1.31. The van der Waals surface area contributed by atoms with E-state index in [1.807, 2.05) is 37.4 Å². The lowest BCUT2D eigenvalue weighted by Crippen LogP contribution is -2.51. The molecule has 1 saturated heterocycles. The maximum atomic E-state index is 13.2. The number of carbonyl (C=O) groups is 1. The predicted octanol–water partition coefficient (Wildman–Crippen LogP) is 3.61. The van der Waals surface area contributed by atoms with Gasteiger partial charge in [-0.05, 0) is 42.9 Å². The first-order valence-electron chi connectivity index (χ1n) is 14.7. The molecular weight excluding hydrogens is 583 g/mol. The van der Waals surface area contributed by atoms with E-state index in [0.29, 0.717) is 56.9 Å². The zero-order valence-electron chi connectivity index (χ0n) is 24.8. The molecule has 0 bridgehead atoms. The first-order valence-corrected chi connectivity index (χ1v) is 15.8. The zero-order chi connectivity index (χ0) is 30.8. The average Bonchev–Trinajstić information content (AvgIpc) is 3.01. The largest absolute Gasteiger partial charge is 0.417 e. The second kappa shape index (κ2) is 16.1. The molecule has 13 heteroatoms. The maximum Gasteiger partial charge on any atom is 0.417 e. The van der Waals surface area contributed by atoms with Gasteiger partial charge in [0.1, 0.15) is 0 Å². The lowest BCUT2D eigenvalue weighted by atomic mass is 9.99. The summed E-state index contributed by atoms with van der Waals surface area (Å²) in [6.45, 7) is 2.78. The van der Waals surface area contributed by atoms with Crippen molar-refractivity contribution in [2.75, 3.05) is 40.5 Å². The molecule has 2 aliphatic heterocycles. The summed E-state index contributed by atoms with van der Waals surface area (Å²) in [5.74, 6) is -0.0894. The van der Waals surface area contributed by atoms with Gasteiger partial charge in [0.15, 0.2) is 11.2 Å². The maximum absolute atomic E-state index is 13.2. The Morgan fingerprint density at radius 1 is 1.28 bits per heavy atom. The van der Waals surface area contributed by atoms with Gasteiger partial charge in [-0.15, -0.1) is 0 Å². The highest BCUT2D eigenvalue weighted by Crippen LogP contribution is 2.31. The van der Waals surface area contributed by atoms with Crippen LogP contribution in [0.2, 0.25) is 0 Å². The first-order chi connectivity index (χ1) is 20.6. The number of rotatable bonds is 14. The van der Waals surface area contributed by atoms with Crippen molar-refractivity contribution in [1.29, 1.82) is 0 Å². The van der Waals surface area contributed by atoms with Gasteiger partial charge in [0.25, 0.3) is 0 Å². The summed E-state index contributed by atoms with van der Waals surface area (Å²) >= 11 is -1.34. The summed E-state index contributed by atoms with van der Waals surface area (Å²) in [5.41, 5.74) is 1.32. The Bertz CT molecular complexity index is 1210. The number of carbonyl (C=O) groups excluding carboxylic acids is 1. The number of hydrogen-bond acceptors (Lipinski definition) is 6. The molecule has 2 aromatic rings. The van der Waals surface area contributed by atoms with E-state index in [1.165, 1.54) is 0 Å². The molecule has 1 amide bonds. The molecule has 4 rings (SSSR count). The molecule has 238 valence electrons. The van der Waals surface area contributed by atoms with Crippen molar-refractivity contribution in [2.24, 2.45) is 0 Å². The van der Waals surface area contributed by atoms with Gasteiger partial charge in [-0.2, -0.15) is 13.2 Å². The molecule has 0 aliphatic carbocycles. The van der Waals surface area contributed by atoms with E-state index in [-0.39, 0.29) is 37.1 Å². The number of pyridine rings is 1. The quantitative estimate of drug-likeness (QED) is 0.333. The monoisotopic (exact) mass is 625 g/mol. The van der Waals surface area contributed by atoms with Crippen molar-refractivity contribution in [3.05, 3.63) is 65.0 Å². The number of alkyl halides is 3. The minimum atomic E-state index is -4.48. The highest BCUT2D eigenvalue weighted by atomic mass is 32.2. The van der Waals surface area contributed by atoms with E-state index < -0.39 is 22.9 Å². The van der Waals surface area contributed by atoms with Crippen LogP contribution in [-0.2, 0) is 51.1 Å². The van der Waals surface area contributed by atoms with Crippen LogP contribution in [0.3, 0.4) is 0 Å². The molecule has 3 unspecified atom stereocenters. The normalized spacial score (nSPS) is 20.6. The van der Waals surface area contributed by atoms with E-state index in [2.05, 4.69) is 15.0 Å². The summed E-state index contributed by atoms with van der Waals surface area (Å²) in [6.07, 6.45) is -0.157. The van der Waals surface area contributed by atoms with Gasteiger partial charge in [-0.3, -0.25) is 9.78 Å². The molecule has 43 heavy (non-hydrogen) atoms. The van der Waals surface area contributed by atoms with Crippen LogP contribution in [0.1, 0.15) is 54.5 Å². The number of aromatic nitrogens is 1. The van der Waals surface area contributed by atoms with Crippen LogP contribution in [0.25, 0.3) is 0 Å². The lowest BCUT2D eigenvalue weighted by molar-refractivity contribution is -0.137. The van der Waals surface area contributed by atoms with Crippen LogP contribution in [0.5, 0.6) is 0 Å². The number of hydrogen-bond donors (Lipinski definition) is 2. The fraction of sp³-hybridized carbons (Fsp3) is 0.600. The summed E-state index contributed by atoms with van der Waals surface area (Å²) in [7, 11) is 3.47. The molecule has 0 radical (unpaired) electrons. The van der Waals surface area contributed by atoms with Crippen molar-refractivity contribution in [3.8, 4) is 0 Å². The second-order valence-corrected chi connectivity index (χ2v) is 12.5. The Morgan fingerprint density at radius 3 is 2.81 bits per heavy atom. The number of nitrogens with zero attached hydrogens (tertiary/aromatic N) is 3. The van der Waals surface area contributed by atoms with Gasteiger partial charge in [0.2, 0.25) is 5.91 Å². The molecule has 3 heterocycles. The molecule has 1 fully saturated rings. The van der Waals surface area contributed by atoms with Gasteiger partial charge >= 0.3 is 6.18 Å². The predicted molar refractivity (Wildman–Crippen MR) is 158 cm³/mol. The highest BCUT2D eigenvalue weighted by molar-refractivity contribution is 7.80. The van der Waals surface area contributed by atoms with Gasteiger partial charge in [0, 0.05) is 83.8 Å². The van der Waals surface area contributed by atoms with Crippen LogP contribution < -0.4 is 10.0 Å². The van der Waals surface area contributed by atoms with Crippen LogP contribution in [0.4, 0.5) is 13.2 Å². The summed E-state index contributed by atoms with van der Waals surface area (Å²) < 4.78 is 68.3. The summed E-state index contributed by atoms with van der Waals surface area (Å²) in [6, 6.07) is 11.0. The minimum Gasteiger partial charge on any atom is -0.379 e. The van der Waals surface area contributed by atoms with Gasteiger partial charge in [0.05, 0.1) is 18.3 Å². The molecule has 9 nitrogen and oxygen atoms in total. The number of halogens is 3. The van der Waals surface area contributed by atoms with Crippen molar-refractivity contribution < 1.29 is 31.6 Å². The number of nitrogens with one attached hydrogen (secondary N) is 2. The van der Waals surface area contributed by atoms with Gasteiger partial charge in [-0.25, -0.2) is 13.2 Å². The van der Waals surface area contributed by atoms with E-state index in [1.54, 1.807) is 16.3 Å². The summed E-state index contributed by atoms with van der Waals surface area (Å²) in [5, 5.41) is 3.68. The lowest BCUT2D eigenvalue weighted by Gasteiger charge is -2.35. The topological polar surface area (TPSA) is 96.0 Å². The second-order valence-electron chi connectivity index (χ2n) is 11.1. The minimum absolute atomic E-state index is 0.000566. The molecule has 2 aliphatic rings. The Kier molecular flexibility index (Phi) is 12.5. The van der Waals surface area contributed by atoms with Crippen molar-refractivity contribution >= 4 is 17.1 Å². The molecule has 0 spiro atoms. The zero-order valence-corrected chi connectivity index (χ0v) is 25.6. The fourth-order valence-electron chi connectivity index (χ4n) is 5.49. The van der Waals surface area contributed by atoms with E-state index in [9.17, 15) is 22.2 Å². The fourth-order valence-corrected chi connectivity index (χ4v) is 6.30. The standard InChI is InChI=1S/C30H42F3N5O4S/c1-37(43(40)35-18-22-7-4-3-5-8-22)14-6-9-25(36-27-13-16-42-21-28(27)41-2)10-11-29(39)38-15-12-26-23(20-38)17-24(19-34-26)30(31,32)33/h3-5,7-8,17,19,25,27-28,35-36H,6,9-16,18,20-21H2,1-2H3/t25-,27?,28?,43?/m0/s1. The van der Waals surface area contributed by atoms with Crippen molar-refractivity contribution in [3.63, 3.8) is 0 Å². The third-order valence-corrected chi connectivity index (χ3v) is 9.17.